The van der Waals surface area contributed by atoms with Crippen molar-refractivity contribution in [2.24, 2.45) is 0 Å². The zero-order valence-electron chi connectivity index (χ0n) is 12.9. The van der Waals surface area contributed by atoms with Gasteiger partial charge in [0, 0.05) is 31.3 Å². The molecule has 1 heterocycles. The van der Waals surface area contributed by atoms with Crippen LogP contribution in [0.15, 0.2) is 24.3 Å². The van der Waals surface area contributed by atoms with Gasteiger partial charge in [-0.05, 0) is 30.0 Å². The topological polar surface area (TPSA) is 34.1 Å². The molecule has 2 aromatic rings. The van der Waals surface area contributed by atoms with Crippen LogP contribution in [0.25, 0.3) is 10.9 Å². The summed E-state index contributed by atoms with van der Waals surface area (Å²) in [5.74, 6) is 0.488. The molecule has 0 aliphatic heterocycles. The quantitative estimate of drug-likeness (QED) is 0.818. The SMILES string of the molecule is COCCNCc1cc(C)nc2c(C(C)C)cccc12. The number of rotatable bonds is 6. The molecule has 3 heteroatoms. The van der Waals surface area contributed by atoms with Crippen LogP contribution in [-0.4, -0.2) is 25.2 Å². The molecule has 1 N–H and O–H groups in total. The molecule has 2 rings (SSSR count). The predicted octanol–water partition coefficient (Wildman–Crippen LogP) is 3.40. The average Bonchev–Trinajstić information content (AvgIpc) is 2.42. The fourth-order valence-electron chi connectivity index (χ4n) is 2.49. The van der Waals surface area contributed by atoms with Gasteiger partial charge in [0.1, 0.15) is 0 Å². The van der Waals surface area contributed by atoms with Gasteiger partial charge in [0.05, 0.1) is 12.1 Å². The Hall–Kier alpha value is -1.45. The van der Waals surface area contributed by atoms with E-state index in [0.717, 1.165) is 30.9 Å². The van der Waals surface area contributed by atoms with E-state index in [1.54, 1.807) is 7.11 Å². The zero-order valence-corrected chi connectivity index (χ0v) is 12.9. The van der Waals surface area contributed by atoms with Crippen LogP contribution >= 0.6 is 0 Å². The molecule has 0 aliphatic rings. The Balaban J connectivity index is 2.37. The highest BCUT2D eigenvalue weighted by molar-refractivity contribution is 5.85. The van der Waals surface area contributed by atoms with Crippen LogP contribution < -0.4 is 5.32 Å². The summed E-state index contributed by atoms with van der Waals surface area (Å²) in [6.45, 7) is 8.95. The molecule has 0 fully saturated rings. The van der Waals surface area contributed by atoms with Crippen molar-refractivity contribution in [1.29, 1.82) is 0 Å². The number of methoxy groups -OCH3 is 1. The number of fused-ring (bicyclic) bond motifs is 1. The molecule has 108 valence electrons. The lowest BCUT2D eigenvalue weighted by Gasteiger charge is -2.14. The molecule has 0 radical (unpaired) electrons. The molecular formula is C17H24N2O. The van der Waals surface area contributed by atoms with E-state index in [1.165, 1.54) is 16.5 Å². The first-order chi connectivity index (χ1) is 9.63. The number of aromatic nitrogens is 1. The van der Waals surface area contributed by atoms with Gasteiger partial charge in [0.2, 0.25) is 0 Å². The van der Waals surface area contributed by atoms with Crippen LogP contribution in [0.4, 0.5) is 0 Å². The minimum Gasteiger partial charge on any atom is -0.383 e. The normalized spacial score (nSPS) is 11.4. The second kappa shape index (κ2) is 6.82. The third kappa shape index (κ3) is 3.35. The molecule has 0 saturated heterocycles. The van der Waals surface area contributed by atoms with Gasteiger partial charge in [-0.1, -0.05) is 32.0 Å². The number of ether oxygens (including phenoxy) is 1. The van der Waals surface area contributed by atoms with Crippen molar-refractivity contribution in [3.8, 4) is 0 Å². The smallest absolute Gasteiger partial charge is 0.0742 e. The van der Waals surface area contributed by atoms with Crippen molar-refractivity contribution in [3.05, 3.63) is 41.1 Å². The van der Waals surface area contributed by atoms with E-state index in [-0.39, 0.29) is 0 Å². The molecule has 3 nitrogen and oxygen atoms in total. The minimum absolute atomic E-state index is 0.488. The number of para-hydroxylation sites is 1. The van der Waals surface area contributed by atoms with Crippen molar-refractivity contribution in [2.45, 2.75) is 33.2 Å². The molecule has 0 bridgehead atoms. The predicted molar refractivity (Wildman–Crippen MR) is 84.2 cm³/mol. The number of nitrogens with zero attached hydrogens (tertiary/aromatic N) is 1. The third-order valence-corrected chi connectivity index (χ3v) is 3.50. The first kappa shape index (κ1) is 14.9. The summed E-state index contributed by atoms with van der Waals surface area (Å²) in [5.41, 5.74) is 4.86. The highest BCUT2D eigenvalue weighted by Gasteiger charge is 2.10. The van der Waals surface area contributed by atoms with Crippen molar-refractivity contribution in [1.82, 2.24) is 10.3 Å². The summed E-state index contributed by atoms with van der Waals surface area (Å²) in [6.07, 6.45) is 0. The van der Waals surface area contributed by atoms with Gasteiger partial charge in [0.15, 0.2) is 0 Å². The van der Waals surface area contributed by atoms with Crippen LogP contribution in [0.5, 0.6) is 0 Å². The van der Waals surface area contributed by atoms with E-state index < -0.39 is 0 Å². The molecule has 1 aromatic heterocycles. The number of nitrogens with one attached hydrogen (secondary N) is 1. The molecule has 1 aromatic carbocycles. The van der Waals surface area contributed by atoms with Gasteiger partial charge in [-0.2, -0.15) is 0 Å². The summed E-state index contributed by atoms with van der Waals surface area (Å²) in [5, 5.41) is 4.67. The number of hydrogen-bond donors (Lipinski definition) is 1. The number of hydrogen-bond acceptors (Lipinski definition) is 3. The van der Waals surface area contributed by atoms with Gasteiger partial charge < -0.3 is 10.1 Å². The Morgan fingerprint density at radius 2 is 2.10 bits per heavy atom. The van der Waals surface area contributed by atoms with Crippen LogP contribution in [-0.2, 0) is 11.3 Å². The van der Waals surface area contributed by atoms with E-state index >= 15 is 0 Å². The summed E-state index contributed by atoms with van der Waals surface area (Å²) in [7, 11) is 1.72. The summed E-state index contributed by atoms with van der Waals surface area (Å²) >= 11 is 0. The van der Waals surface area contributed by atoms with Crippen molar-refractivity contribution < 1.29 is 4.74 Å². The average molecular weight is 272 g/mol. The fourth-order valence-corrected chi connectivity index (χ4v) is 2.49. The molecule has 0 unspecified atom stereocenters. The summed E-state index contributed by atoms with van der Waals surface area (Å²) in [4.78, 5) is 4.75. The maximum absolute atomic E-state index is 5.07. The highest BCUT2D eigenvalue weighted by atomic mass is 16.5. The van der Waals surface area contributed by atoms with E-state index in [4.69, 9.17) is 9.72 Å². The number of benzene rings is 1. The first-order valence-electron chi connectivity index (χ1n) is 7.22. The van der Waals surface area contributed by atoms with Gasteiger partial charge in [-0.25, -0.2) is 0 Å². The second-order valence-corrected chi connectivity index (χ2v) is 5.49. The molecule has 20 heavy (non-hydrogen) atoms. The van der Waals surface area contributed by atoms with Gasteiger partial charge in [0.25, 0.3) is 0 Å². The lowest BCUT2D eigenvalue weighted by Crippen LogP contribution is -2.19. The van der Waals surface area contributed by atoms with Crippen molar-refractivity contribution in [3.63, 3.8) is 0 Å². The zero-order chi connectivity index (χ0) is 14.5. The Morgan fingerprint density at radius 1 is 1.30 bits per heavy atom. The first-order valence-corrected chi connectivity index (χ1v) is 7.22. The van der Waals surface area contributed by atoms with E-state index in [1.807, 2.05) is 0 Å². The van der Waals surface area contributed by atoms with Gasteiger partial charge >= 0.3 is 0 Å². The van der Waals surface area contributed by atoms with E-state index in [9.17, 15) is 0 Å². The Bertz CT molecular complexity index is 578. The molecule has 0 spiro atoms. The Morgan fingerprint density at radius 3 is 2.80 bits per heavy atom. The number of pyridine rings is 1. The van der Waals surface area contributed by atoms with Gasteiger partial charge in [-0.3, -0.25) is 4.98 Å². The Kier molecular flexibility index (Phi) is 5.10. The molecule has 0 aliphatic carbocycles. The summed E-state index contributed by atoms with van der Waals surface area (Å²) in [6, 6.07) is 8.65. The van der Waals surface area contributed by atoms with E-state index in [0.29, 0.717) is 5.92 Å². The van der Waals surface area contributed by atoms with Crippen molar-refractivity contribution >= 4 is 10.9 Å². The maximum atomic E-state index is 5.07. The van der Waals surface area contributed by atoms with Crippen LogP contribution in [0.3, 0.4) is 0 Å². The lowest BCUT2D eigenvalue weighted by atomic mass is 9.97. The van der Waals surface area contributed by atoms with Crippen molar-refractivity contribution in [2.75, 3.05) is 20.3 Å². The van der Waals surface area contributed by atoms with E-state index in [2.05, 4.69) is 50.4 Å². The number of aryl methyl sites for hydroxylation is 1. The van der Waals surface area contributed by atoms with Crippen LogP contribution in [0, 0.1) is 6.92 Å². The fraction of sp³-hybridized carbons (Fsp3) is 0.471. The highest BCUT2D eigenvalue weighted by Crippen LogP contribution is 2.26. The van der Waals surface area contributed by atoms with Crippen LogP contribution in [0.2, 0.25) is 0 Å². The molecule has 0 amide bonds. The maximum Gasteiger partial charge on any atom is 0.0742 e. The summed E-state index contributed by atoms with van der Waals surface area (Å²) < 4.78 is 5.07. The standard InChI is InChI=1S/C17H24N2O/c1-12(2)15-6-5-7-16-14(11-18-8-9-20-4)10-13(3)19-17(15)16/h5-7,10,12,18H,8-9,11H2,1-4H3. The molecular weight excluding hydrogens is 248 g/mol. The van der Waals surface area contributed by atoms with Crippen LogP contribution in [0.1, 0.15) is 36.6 Å². The third-order valence-electron chi connectivity index (χ3n) is 3.50. The monoisotopic (exact) mass is 272 g/mol. The second-order valence-electron chi connectivity index (χ2n) is 5.49. The molecule has 0 saturated carbocycles. The molecule has 0 atom stereocenters. The van der Waals surface area contributed by atoms with Gasteiger partial charge in [-0.15, -0.1) is 0 Å². The largest absolute Gasteiger partial charge is 0.383 e. The minimum atomic E-state index is 0.488. The lowest BCUT2D eigenvalue weighted by molar-refractivity contribution is 0.199. The Labute approximate surface area is 121 Å².